The van der Waals surface area contributed by atoms with Crippen molar-refractivity contribution in [3.05, 3.63) is 35.1 Å². The number of carbonyl (C=O) groups is 1. The second-order valence-electron chi connectivity index (χ2n) is 4.74. The second-order valence-corrected chi connectivity index (χ2v) is 4.74. The summed E-state index contributed by atoms with van der Waals surface area (Å²) in [6.45, 7) is 4.00. The van der Waals surface area contributed by atoms with Gasteiger partial charge in [0.2, 0.25) is 5.91 Å². The molecular formula is C14H18F4N2O. The quantitative estimate of drug-likeness (QED) is 0.794. The summed E-state index contributed by atoms with van der Waals surface area (Å²) in [5, 5.41) is 5.43. The van der Waals surface area contributed by atoms with E-state index < -0.39 is 23.6 Å². The Bertz CT molecular complexity index is 488. The highest BCUT2D eigenvalue weighted by atomic mass is 19.4. The first-order chi connectivity index (χ1) is 9.74. The summed E-state index contributed by atoms with van der Waals surface area (Å²) in [6, 6.07) is 1.75. The van der Waals surface area contributed by atoms with E-state index in [-0.39, 0.29) is 18.0 Å². The van der Waals surface area contributed by atoms with Crippen LogP contribution in [0.25, 0.3) is 0 Å². The number of alkyl halides is 3. The molecule has 1 atom stereocenters. The van der Waals surface area contributed by atoms with Crippen molar-refractivity contribution < 1.29 is 22.4 Å². The average molecular weight is 306 g/mol. The molecule has 3 nitrogen and oxygen atoms in total. The number of hydrogen-bond donors (Lipinski definition) is 2. The lowest BCUT2D eigenvalue weighted by Crippen LogP contribution is -2.42. The van der Waals surface area contributed by atoms with Crippen molar-refractivity contribution in [2.45, 2.75) is 39.0 Å². The number of benzene rings is 1. The maximum Gasteiger partial charge on any atom is 0.416 e. The third-order valence-electron chi connectivity index (χ3n) is 2.84. The molecule has 0 aromatic heterocycles. The minimum Gasteiger partial charge on any atom is -0.355 e. The van der Waals surface area contributed by atoms with E-state index in [1.165, 1.54) is 0 Å². The van der Waals surface area contributed by atoms with Gasteiger partial charge in [0.1, 0.15) is 5.82 Å². The van der Waals surface area contributed by atoms with Crippen LogP contribution < -0.4 is 10.6 Å². The summed E-state index contributed by atoms with van der Waals surface area (Å²) in [6.07, 6.45) is -3.81. The van der Waals surface area contributed by atoms with Gasteiger partial charge in [0, 0.05) is 13.1 Å². The highest BCUT2D eigenvalue weighted by Gasteiger charge is 2.31. The predicted octanol–water partition coefficient (Wildman–Crippen LogP) is 2.85. The molecule has 1 rings (SSSR count). The maximum absolute atomic E-state index is 13.2. The van der Waals surface area contributed by atoms with Crippen LogP contribution in [-0.4, -0.2) is 18.5 Å². The Morgan fingerprint density at radius 2 is 1.95 bits per heavy atom. The first-order valence-corrected chi connectivity index (χ1v) is 6.61. The molecule has 0 fully saturated rings. The van der Waals surface area contributed by atoms with Crippen LogP contribution in [0.1, 0.15) is 31.4 Å². The highest BCUT2D eigenvalue weighted by Crippen LogP contribution is 2.30. The van der Waals surface area contributed by atoms with Crippen molar-refractivity contribution >= 4 is 5.91 Å². The van der Waals surface area contributed by atoms with E-state index in [9.17, 15) is 22.4 Å². The van der Waals surface area contributed by atoms with E-state index in [0.717, 1.165) is 18.6 Å². The van der Waals surface area contributed by atoms with Crippen LogP contribution in [-0.2, 0) is 17.5 Å². The molecule has 21 heavy (non-hydrogen) atoms. The summed E-state index contributed by atoms with van der Waals surface area (Å²) in [4.78, 5) is 11.6. The molecule has 1 unspecified atom stereocenters. The van der Waals surface area contributed by atoms with E-state index in [1.54, 1.807) is 6.92 Å². The third kappa shape index (κ3) is 5.71. The summed E-state index contributed by atoms with van der Waals surface area (Å²) < 4.78 is 50.9. The molecule has 0 aliphatic carbocycles. The van der Waals surface area contributed by atoms with Gasteiger partial charge in [-0.2, -0.15) is 13.2 Å². The third-order valence-corrected chi connectivity index (χ3v) is 2.84. The Balaban J connectivity index is 2.67. The lowest BCUT2D eigenvalue weighted by Gasteiger charge is -2.15. The normalized spacial score (nSPS) is 13.0. The number of hydrogen-bond acceptors (Lipinski definition) is 2. The molecule has 0 saturated heterocycles. The SMILES string of the molecule is CCCNC(=O)C(C)NCc1cc(F)cc(C(F)(F)F)c1. The molecule has 0 bridgehead atoms. The van der Waals surface area contributed by atoms with Gasteiger partial charge in [0.25, 0.3) is 0 Å². The molecule has 1 amide bonds. The van der Waals surface area contributed by atoms with Gasteiger partial charge in [-0.05, 0) is 37.1 Å². The fraction of sp³-hybridized carbons (Fsp3) is 0.500. The first-order valence-electron chi connectivity index (χ1n) is 6.61. The number of rotatable bonds is 6. The monoisotopic (exact) mass is 306 g/mol. The zero-order valence-corrected chi connectivity index (χ0v) is 11.9. The Kier molecular flexibility index (Phi) is 6.14. The minimum absolute atomic E-state index is 0.0262. The van der Waals surface area contributed by atoms with E-state index >= 15 is 0 Å². The number of amides is 1. The van der Waals surface area contributed by atoms with Crippen molar-refractivity contribution in [2.75, 3.05) is 6.54 Å². The first kappa shape index (κ1) is 17.4. The second kappa shape index (κ2) is 7.40. The largest absolute Gasteiger partial charge is 0.416 e. The summed E-state index contributed by atoms with van der Waals surface area (Å²) >= 11 is 0. The average Bonchev–Trinajstić information content (AvgIpc) is 2.40. The Hall–Kier alpha value is -1.63. The van der Waals surface area contributed by atoms with Gasteiger partial charge < -0.3 is 10.6 Å². The number of carbonyl (C=O) groups excluding carboxylic acids is 1. The molecular weight excluding hydrogens is 288 g/mol. The van der Waals surface area contributed by atoms with Crippen LogP contribution in [0.3, 0.4) is 0 Å². The van der Waals surface area contributed by atoms with Crippen LogP contribution in [0.2, 0.25) is 0 Å². The predicted molar refractivity (Wildman–Crippen MR) is 71.0 cm³/mol. The Labute approximate surface area is 120 Å². The van der Waals surface area contributed by atoms with Crippen molar-refractivity contribution in [3.63, 3.8) is 0 Å². The molecule has 7 heteroatoms. The van der Waals surface area contributed by atoms with Crippen molar-refractivity contribution in [1.82, 2.24) is 10.6 Å². The maximum atomic E-state index is 13.2. The van der Waals surface area contributed by atoms with Crippen LogP contribution in [0.4, 0.5) is 17.6 Å². The molecule has 0 heterocycles. The van der Waals surface area contributed by atoms with Crippen molar-refractivity contribution in [1.29, 1.82) is 0 Å². The molecule has 0 spiro atoms. The summed E-state index contributed by atoms with van der Waals surface area (Å²) in [5.41, 5.74) is -0.903. The van der Waals surface area contributed by atoms with Crippen LogP contribution >= 0.6 is 0 Å². The van der Waals surface area contributed by atoms with Gasteiger partial charge in [0.05, 0.1) is 11.6 Å². The Morgan fingerprint density at radius 1 is 1.29 bits per heavy atom. The molecule has 118 valence electrons. The smallest absolute Gasteiger partial charge is 0.355 e. The fourth-order valence-electron chi connectivity index (χ4n) is 1.68. The van der Waals surface area contributed by atoms with Gasteiger partial charge in [-0.3, -0.25) is 4.79 Å². The van der Waals surface area contributed by atoms with Crippen molar-refractivity contribution in [3.8, 4) is 0 Å². The zero-order chi connectivity index (χ0) is 16.0. The fourth-order valence-corrected chi connectivity index (χ4v) is 1.68. The lowest BCUT2D eigenvalue weighted by atomic mass is 10.1. The van der Waals surface area contributed by atoms with Crippen molar-refractivity contribution in [2.24, 2.45) is 0 Å². The minimum atomic E-state index is -4.60. The van der Waals surface area contributed by atoms with Gasteiger partial charge in [-0.25, -0.2) is 4.39 Å². The van der Waals surface area contributed by atoms with Gasteiger partial charge in [0.15, 0.2) is 0 Å². The van der Waals surface area contributed by atoms with E-state index in [2.05, 4.69) is 10.6 Å². The molecule has 0 aliphatic heterocycles. The summed E-state index contributed by atoms with van der Waals surface area (Å²) in [5.74, 6) is -1.20. The van der Waals surface area contributed by atoms with Gasteiger partial charge in [-0.1, -0.05) is 6.92 Å². The standard InChI is InChI=1S/C14H18F4N2O/c1-3-4-19-13(21)9(2)20-8-10-5-11(14(16,17)18)7-12(15)6-10/h5-7,9,20H,3-4,8H2,1-2H3,(H,19,21). The zero-order valence-electron chi connectivity index (χ0n) is 11.9. The van der Waals surface area contributed by atoms with E-state index in [1.807, 2.05) is 6.92 Å². The molecule has 2 N–H and O–H groups in total. The van der Waals surface area contributed by atoms with Crippen LogP contribution in [0.15, 0.2) is 18.2 Å². The number of halogens is 4. The van der Waals surface area contributed by atoms with Gasteiger partial charge >= 0.3 is 6.18 Å². The molecule has 0 aliphatic rings. The molecule has 0 saturated carbocycles. The van der Waals surface area contributed by atoms with Crippen LogP contribution in [0, 0.1) is 5.82 Å². The number of nitrogens with one attached hydrogen (secondary N) is 2. The molecule has 1 aromatic carbocycles. The van der Waals surface area contributed by atoms with Crippen LogP contribution in [0.5, 0.6) is 0 Å². The summed E-state index contributed by atoms with van der Waals surface area (Å²) in [7, 11) is 0. The van der Waals surface area contributed by atoms with E-state index in [0.29, 0.717) is 12.6 Å². The Morgan fingerprint density at radius 3 is 2.52 bits per heavy atom. The molecule has 1 aromatic rings. The van der Waals surface area contributed by atoms with Gasteiger partial charge in [-0.15, -0.1) is 0 Å². The lowest BCUT2D eigenvalue weighted by molar-refractivity contribution is -0.137. The topological polar surface area (TPSA) is 41.1 Å². The highest BCUT2D eigenvalue weighted by molar-refractivity contribution is 5.81. The molecule has 0 radical (unpaired) electrons. The van der Waals surface area contributed by atoms with E-state index in [4.69, 9.17) is 0 Å².